The van der Waals surface area contributed by atoms with Gasteiger partial charge in [0.05, 0.1) is 4.92 Å². The standard InChI is InChI=1S/C11H14N6O2S2/c1-3-5-12-10-13-6-7(17(18)19)9(15-10)20-11-14-8(4-2)16-21-11/h6H,3-5H2,1-2H3,(H,12,13,15). The van der Waals surface area contributed by atoms with Gasteiger partial charge < -0.3 is 5.32 Å². The summed E-state index contributed by atoms with van der Waals surface area (Å²) in [6, 6.07) is 0. The summed E-state index contributed by atoms with van der Waals surface area (Å²) in [7, 11) is 0. The average molecular weight is 326 g/mol. The third-order valence-corrected chi connectivity index (χ3v) is 4.20. The SMILES string of the molecule is CCCNc1ncc([N+](=O)[O-])c(Sc2nc(CC)ns2)n1. The fourth-order valence-electron chi connectivity index (χ4n) is 1.39. The minimum Gasteiger partial charge on any atom is -0.354 e. The van der Waals surface area contributed by atoms with E-state index in [0.29, 0.717) is 16.8 Å². The Morgan fingerprint density at radius 2 is 2.24 bits per heavy atom. The molecule has 0 radical (unpaired) electrons. The molecule has 1 N–H and O–H groups in total. The van der Waals surface area contributed by atoms with Crippen LogP contribution in [0.4, 0.5) is 11.6 Å². The first kappa shape index (κ1) is 15.6. The molecule has 0 fully saturated rings. The molecule has 0 aliphatic rings. The van der Waals surface area contributed by atoms with E-state index in [0.717, 1.165) is 30.4 Å². The van der Waals surface area contributed by atoms with Crippen molar-refractivity contribution in [3.63, 3.8) is 0 Å². The molecule has 8 nitrogen and oxygen atoms in total. The van der Waals surface area contributed by atoms with Gasteiger partial charge in [-0.25, -0.2) is 9.97 Å². The molecule has 2 aromatic rings. The molecule has 21 heavy (non-hydrogen) atoms. The first-order valence-electron chi connectivity index (χ1n) is 6.39. The van der Waals surface area contributed by atoms with Crippen LogP contribution >= 0.6 is 23.3 Å². The summed E-state index contributed by atoms with van der Waals surface area (Å²) in [4.78, 5) is 23.0. The second-order valence-electron chi connectivity index (χ2n) is 4.00. The Morgan fingerprint density at radius 3 is 2.86 bits per heavy atom. The number of aromatic nitrogens is 4. The van der Waals surface area contributed by atoms with E-state index in [1.165, 1.54) is 17.7 Å². The highest BCUT2D eigenvalue weighted by Gasteiger charge is 2.20. The zero-order valence-electron chi connectivity index (χ0n) is 11.6. The van der Waals surface area contributed by atoms with Crippen molar-refractivity contribution in [2.75, 3.05) is 11.9 Å². The summed E-state index contributed by atoms with van der Waals surface area (Å²) < 4.78 is 4.79. The molecule has 0 atom stereocenters. The molecule has 0 saturated carbocycles. The molecule has 10 heteroatoms. The monoisotopic (exact) mass is 326 g/mol. The number of nitrogens with one attached hydrogen (secondary N) is 1. The Balaban J connectivity index is 2.27. The Labute approximate surface area is 129 Å². The number of anilines is 1. The van der Waals surface area contributed by atoms with Crippen LogP contribution in [0.5, 0.6) is 0 Å². The molecule has 0 aliphatic carbocycles. The van der Waals surface area contributed by atoms with Gasteiger partial charge in [0.1, 0.15) is 12.0 Å². The topological polar surface area (TPSA) is 107 Å². The van der Waals surface area contributed by atoms with Crippen LogP contribution in [-0.2, 0) is 6.42 Å². The summed E-state index contributed by atoms with van der Waals surface area (Å²) in [6.45, 7) is 4.68. The summed E-state index contributed by atoms with van der Waals surface area (Å²) in [5, 5.41) is 14.3. The lowest BCUT2D eigenvalue weighted by molar-refractivity contribution is -0.388. The first-order valence-corrected chi connectivity index (χ1v) is 7.98. The number of hydrogen-bond acceptors (Lipinski definition) is 9. The second kappa shape index (κ2) is 7.27. The predicted molar refractivity (Wildman–Crippen MR) is 80.9 cm³/mol. The zero-order valence-corrected chi connectivity index (χ0v) is 13.2. The third-order valence-electron chi connectivity index (χ3n) is 2.42. The van der Waals surface area contributed by atoms with E-state index in [1.807, 2.05) is 13.8 Å². The maximum atomic E-state index is 11.1. The molecular formula is C11H14N6O2S2. The molecule has 0 saturated heterocycles. The molecule has 2 rings (SSSR count). The van der Waals surface area contributed by atoms with Crippen molar-refractivity contribution < 1.29 is 4.92 Å². The van der Waals surface area contributed by atoms with Crippen molar-refractivity contribution in [2.24, 2.45) is 0 Å². The molecule has 0 unspecified atom stereocenters. The quantitative estimate of drug-likeness (QED) is 0.470. The van der Waals surface area contributed by atoms with Gasteiger partial charge in [-0.2, -0.15) is 9.36 Å². The number of aryl methyl sites for hydroxylation is 1. The summed E-state index contributed by atoms with van der Waals surface area (Å²) in [6.07, 6.45) is 2.86. The van der Waals surface area contributed by atoms with E-state index in [4.69, 9.17) is 0 Å². The molecule has 0 spiro atoms. The Kier molecular flexibility index (Phi) is 5.39. The molecule has 2 heterocycles. The van der Waals surface area contributed by atoms with Crippen LogP contribution < -0.4 is 5.32 Å². The minimum atomic E-state index is -0.492. The van der Waals surface area contributed by atoms with Gasteiger partial charge in [-0.15, -0.1) is 0 Å². The predicted octanol–water partition coefficient (Wildman–Crippen LogP) is 2.77. The molecule has 0 amide bonds. The molecule has 0 aromatic carbocycles. The van der Waals surface area contributed by atoms with Crippen molar-refractivity contribution in [1.29, 1.82) is 0 Å². The lowest BCUT2D eigenvalue weighted by Gasteiger charge is -2.04. The van der Waals surface area contributed by atoms with Crippen molar-refractivity contribution in [2.45, 2.75) is 36.1 Å². The van der Waals surface area contributed by atoms with Crippen LogP contribution in [0.1, 0.15) is 26.1 Å². The number of nitrogens with zero attached hydrogens (tertiary/aromatic N) is 5. The van der Waals surface area contributed by atoms with Crippen LogP contribution in [-0.4, -0.2) is 30.8 Å². The van der Waals surface area contributed by atoms with Gasteiger partial charge in [-0.1, -0.05) is 13.8 Å². The largest absolute Gasteiger partial charge is 0.354 e. The highest BCUT2D eigenvalue weighted by Crippen LogP contribution is 2.34. The van der Waals surface area contributed by atoms with Crippen molar-refractivity contribution >= 4 is 34.9 Å². The Bertz CT molecular complexity index is 633. The van der Waals surface area contributed by atoms with Crippen molar-refractivity contribution in [3.8, 4) is 0 Å². The van der Waals surface area contributed by atoms with E-state index in [1.54, 1.807) is 0 Å². The Hall–Kier alpha value is -1.81. The maximum Gasteiger partial charge on any atom is 0.320 e. The normalized spacial score (nSPS) is 10.6. The van der Waals surface area contributed by atoms with Crippen LogP contribution in [0.15, 0.2) is 15.6 Å². The second-order valence-corrected chi connectivity index (χ2v) is 5.99. The molecule has 0 aliphatic heterocycles. The van der Waals surface area contributed by atoms with Crippen LogP contribution in [0.2, 0.25) is 0 Å². The molecule has 2 aromatic heterocycles. The zero-order chi connectivity index (χ0) is 15.2. The lowest BCUT2D eigenvalue weighted by Crippen LogP contribution is -2.06. The summed E-state index contributed by atoms with van der Waals surface area (Å²) in [5.74, 6) is 1.11. The van der Waals surface area contributed by atoms with Crippen LogP contribution in [0.25, 0.3) is 0 Å². The van der Waals surface area contributed by atoms with E-state index < -0.39 is 4.92 Å². The van der Waals surface area contributed by atoms with Gasteiger partial charge in [0.25, 0.3) is 0 Å². The highest BCUT2D eigenvalue weighted by atomic mass is 32.2. The van der Waals surface area contributed by atoms with Gasteiger partial charge in [0, 0.05) is 13.0 Å². The Morgan fingerprint density at radius 1 is 1.43 bits per heavy atom. The van der Waals surface area contributed by atoms with Gasteiger partial charge in [0.2, 0.25) is 5.95 Å². The number of rotatable bonds is 7. The van der Waals surface area contributed by atoms with Gasteiger partial charge in [-0.05, 0) is 29.7 Å². The van der Waals surface area contributed by atoms with E-state index >= 15 is 0 Å². The smallest absolute Gasteiger partial charge is 0.320 e. The van der Waals surface area contributed by atoms with E-state index in [9.17, 15) is 10.1 Å². The molecule has 0 bridgehead atoms. The van der Waals surface area contributed by atoms with Crippen LogP contribution in [0.3, 0.4) is 0 Å². The average Bonchev–Trinajstić information content (AvgIpc) is 2.92. The van der Waals surface area contributed by atoms with Gasteiger partial charge in [-0.3, -0.25) is 10.1 Å². The summed E-state index contributed by atoms with van der Waals surface area (Å²) in [5.41, 5.74) is -0.129. The van der Waals surface area contributed by atoms with Crippen molar-refractivity contribution in [3.05, 3.63) is 22.1 Å². The summed E-state index contributed by atoms with van der Waals surface area (Å²) >= 11 is 2.35. The van der Waals surface area contributed by atoms with E-state index in [-0.39, 0.29) is 10.7 Å². The van der Waals surface area contributed by atoms with Gasteiger partial charge in [0.15, 0.2) is 9.37 Å². The lowest BCUT2D eigenvalue weighted by atomic mass is 10.5. The highest BCUT2D eigenvalue weighted by molar-refractivity contribution is 8.01. The van der Waals surface area contributed by atoms with Gasteiger partial charge >= 0.3 is 5.69 Å². The fraction of sp³-hybridized carbons (Fsp3) is 0.455. The minimum absolute atomic E-state index is 0.129. The first-order chi connectivity index (χ1) is 10.1. The number of hydrogen-bond donors (Lipinski definition) is 1. The molecule has 112 valence electrons. The van der Waals surface area contributed by atoms with Crippen LogP contribution in [0, 0.1) is 10.1 Å². The fourth-order valence-corrected chi connectivity index (χ4v) is 3.07. The number of nitro groups is 1. The maximum absolute atomic E-state index is 11.1. The third kappa shape index (κ3) is 4.08. The molecular weight excluding hydrogens is 312 g/mol. The van der Waals surface area contributed by atoms with E-state index in [2.05, 4.69) is 24.6 Å². The van der Waals surface area contributed by atoms with Crippen molar-refractivity contribution in [1.82, 2.24) is 19.3 Å².